The van der Waals surface area contributed by atoms with Gasteiger partial charge in [0.2, 0.25) is 0 Å². The Balaban J connectivity index is 1.89. The van der Waals surface area contributed by atoms with Gasteiger partial charge in [-0.25, -0.2) is 15.8 Å². The summed E-state index contributed by atoms with van der Waals surface area (Å²) in [6, 6.07) is 0. The molecule has 0 saturated heterocycles. The minimum absolute atomic E-state index is 0.574. The van der Waals surface area contributed by atoms with Gasteiger partial charge in [-0.2, -0.15) is 5.10 Å². The van der Waals surface area contributed by atoms with Crippen molar-refractivity contribution in [1.29, 1.82) is 0 Å². The predicted octanol–water partition coefficient (Wildman–Crippen LogP) is 0.923. The molecule has 3 aromatic rings. The first kappa shape index (κ1) is 13.4. The molecular weight excluding hydrogens is 268 g/mol. The highest BCUT2D eigenvalue weighted by molar-refractivity contribution is 5.65. The van der Waals surface area contributed by atoms with Crippen molar-refractivity contribution in [3.05, 3.63) is 36.0 Å². The van der Waals surface area contributed by atoms with Gasteiger partial charge in [0, 0.05) is 37.7 Å². The summed E-state index contributed by atoms with van der Waals surface area (Å²) >= 11 is 0. The summed E-state index contributed by atoms with van der Waals surface area (Å²) in [7, 11) is 1.92. The van der Waals surface area contributed by atoms with Gasteiger partial charge in [0.1, 0.15) is 0 Å². The lowest BCUT2D eigenvalue weighted by atomic mass is 10.2. The minimum Gasteiger partial charge on any atom is -0.363 e. The summed E-state index contributed by atoms with van der Waals surface area (Å²) in [4.78, 5) is 8.71. The Labute approximate surface area is 122 Å². The molecule has 0 bridgehead atoms. The maximum absolute atomic E-state index is 5.45. The maximum atomic E-state index is 5.45. The van der Waals surface area contributed by atoms with Crippen molar-refractivity contribution in [1.82, 2.24) is 24.1 Å². The van der Waals surface area contributed by atoms with Crippen LogP contribution in [0.5, 0.6) is 0 Å². The Morgan fingerprint density at radius 1 is 1.33 bits per heavy atom. The van der Waals surface area contributed by atoms with E-state index in [1.165, 1.54) is 0 Å². The van der Waals surface area contributed by atoms with Crippen LogP contribution in [0.15, 0.2) is 24.8 Å². The molecule has 0 spiro atoms. The predicted molar refractivity (Wildman–Crippen MR) is 80.7 cm³/mol. The molecule has 0 saturated carbocycles. The maximum Gasteiger partial charge on any atom is 0.180 e. The summed E-state index contributed by atoms with van der Waals surface area (Å²) in [5.74, 6) is 6.70. The van der Waals surface area contributed by atoms with E-state index in [0.29, 0.717) is 18.2 Å². The smallest absolute Gasteiger partial charge is 0.180 e. The fraction of sp³-hybridized carbons (Fsp3) is 0.308. The molecule has 0 aromatic carbocycles. The van der Waals surface area contributed by atoms with Gasteiger partial charge in [0.15, 0.2) is 17.3 Å². The van der Waals surface area contributed by atoms with Crippen LogP contribution in [0.2, 0.25) is 0 Å². The van der Waals surface area contributed by atoms with Crippen LogP contribution in [-0.4, -0.2) is 24.1 Å². The van der Waals surface area contributed by atoms with E-state index < -0.39 is 0 Å². The van der Waals surface area contributed by atoms with Crippen molar-refractivity contribution in [2.24, 2.45) is 12.9 Å². The van der Waals surface area contributed by atoms with Crippen molar-refractivity contribution in [2.45, 2.75) is 19.9 Å². The highest BCUT2D eigenvalue weighted by atomic mass is 15.3. The first-order chi connectivity index (χ1) is 10.2. The molecule has 0 aliphatic heterocycles. The van der Waals surface area contributed by atoms with Gasteiger partial charge in [-0.1, -0.05) is 6.92 Å². The zero-order valence-corrected chi connectivity index (χ0v) is 12.0. The standard InChI is InChI=1S/C13H18N8/c1-3-10-9(7-20(2)19-10)6-16-12-13-15-4-5-21(13)8-11(17-12)18-14/h4-5,7-8,18H,3,6,14H2,1-2H3,(H,16,17). The Morgan fingerprint density at radius 2 is 2.19 bits per heavy atom. The van der Waals surface area contributed by atoms with E-state index in [-0.39, 0.29) is 0 Å². The van der Waals surface area contributed by atoms with E-state index in [1.54, 1.807) is 12.4 Å². The second-order valence-corrected chi connectivity index (χ2v) is 4.76. The zero-order valence-electron chi connectivity index (χ0n) is 12.0. The molecule has 110 valence electrons. The number of rotatable bonds is 5. The normalized spacial score (nSPS) is 11.0. The number of aromatic nitrogens is 5. The molecule has 0 unspecified atom stereocenters. The number of nitrogens with one attached hydrogen (secondary N) is 2. The summed E-state index contributed by atoms with van der Waals surface area (Å²) < 4.78 is 3.70. The van der Waals surface area contributed by atoms with Crippen LogP contribution in [0.4, 0.5) is 11.6 Å². The highest BCUT2D eigenvalue weighted by Crippen LogP contribution is 2.17. The number of imidazole rings is 1. The quantitative estimate of drug-likeness (QED) is 0.476. The van der Waals surface area contributed by atoms with E-state index in [0.717, 1.165) is 23.3 Å². The molecule has 0 aliphatic carbocycles. The third-order valence-corrected chi connectivity index (χ3v) is 3.29. The van der Waals surface area contributed by atoms with Crippen molar-refractivity contribution in [2.75, 3.05) is 10.7 Å². The highest BCUT2D eigenvalue weighted by Gasteiger charge is 2.10. The number of nitrogen functional groups attached to an aromatic ring is 1. The van der Waals surface area contributed by atoms with Gasteiger partial charge >= 0.3 is 0 Å². The lowest BCUT2D eigenvalue weighted by Crippen LogP contribution is -2.12. The van der Waals surface area contributed by atoms with Crippen molar-refractivity contribution >= 4 is 17.3 Å². The Hall–Kier alpha value is -2.61. The number of hydrogen-bond donors (Lipinski definition) is 3. The van der Waals surface area contributed by atoms with Crippen molar-refractivity contribution in [3.8, 4) is 0 Å². The van der Waals surface area contributed by atoms with Gasteiger partial charge in [-0.3, -0.25) is 4.68 Å². The first-order valence-electron chi connectivity index (χ1n) is 6.77. The second kappa shape index (κ2) is 5.41. The molecule has 3 heterocycles. The molecule has 0 radical (unpaired) electrons. The van der Waals surface area contributed by atoms with E-state index >= 15 is 0 Å². The minimum atomic E-state index is 0.574. The molecule has 0 aliphatic rings. The molecule has 21 heavy (non-hydrogen) atoms. The molecule has 0 amide bonds. The summed E-state index contributed by atoms with van der Waals surface area (Å²) in [5.41, 5.74) is 5.55. The molecular formula is C13H18N8. The van der Waals surface area contributed by atoms with Crippen LogP contribution in [0.1, 0.15) is 18.2 Å². The third-order valence-electron chi connectivity index (χ3n) is 3.29. The van der Waals surface area contributed by atoms with Crippen LogP contribution in [0.3, 0.4) is 0 Å². The third kappa shape index (κ3) is 2.52. The van der Waals surface area contributed by atoms with Gasteiger partial charge in [-0.15, -0.1) is 0 Å². The van der Waals surface area contributed by atoms with Crippen LogP contribution in [0.25, 0.3) is 5.65 Å². The summed E-state index contributed by atoms with van der Waals surface area (Å²) in [5, 5.41) is 7.74. The van der Waals surface area contributed by atoms with Crippen LogP contribution in [-0.2, 0) is 20.0 Å². The van der Waals surface area contributed by atoms with E-state index in [1.807, 2.05) is 28.5 Å². The molecule has 0 atom stereocenters. The van der Waals surface area contributed by atoms with Crippen LogP contribution >= 0.6 is 0 Å². The van der Waals surface area contributed by atoms with E-state index in [9.17, 15) is 0 Å². The topological polar surface area (TPSA) is 98.1 Å². The number of aryl methyl sites for hydroxylation is 2. The number of hydrogen-bond acceptors (Lipinski definition) is 6. The second-order valence-electron chi connectivity index (χ2n) is 4.76. The molecule has 0 fully saturated rings. The fourth-order valence-electron chi connectivity index (χ4n) is 2.33. The van der Waals surface area contributed by atoms with Crippen molar-refractivity contribution in [3.63, 3.8) is 0 Å². The first-order valence-corrected chi connectivity index (χ1v) is 6.77. The average molecular weight is 286 g/mol. The lowest BCUT2D eigenvalue weighted by Gasteiger charge is -2.09. The summed E-state index contributed by atoms with van der Waals surface area (Å²) in [6.45, 7) is 2.73. The SMILES string of the molecule is CCc1nn(C)cc1CNc1nc(NN)cn2ccnc12. The van der Waals surface area contributed by atoms with Crippen LogP contribution < -0.4 is 16.6 Å². The fourth-order valence-corrected chi connectivity index (χ4v) is 2.33. The van der Waals surface area contributed by atoms with E-state index in [4.69, 9.17) is 5.84 Å². The van der Waals surface area contributed by atoms with Crippen LogP contribution in [0, 0.1) is 0 Å². The number of anilines is 2. The Bertz CT molecular complexity index is 757. The number of hydrazine groups is 1. The Morgan fingerprint density at radius 3 is 2.95 bits per heavy atom. The molecule has 8 nitrogen and oxygen atoms in total. The van der Waals surface area contributed by atoms with Crippen molar-refractivity contribution < 1.29 is 0 Å². The molecule has 8 heteroatoms. The number of nitrogens with two attached hydrogens (primary N) is 1. The Kier molecular flexibility index (Phi) is 3.44. The number of fused-ring (bicyclic) bond motifs is 1. The average Bonchev–Trinajstić information content (AvgIpc) is 3.10. The largest absolute Gasteiger partial charge is 0.363 e. The van der Waals surface area contributed by atoms with Gasteiger partial charge < -0.3 is 15.1 Å². The van der Waals surface area contributed by atoms with Gasteiger partial charge in [0.25, 0.3) is 0 Å². The molecule has 3 rings (SSSR count). The zero-order chi connectivity index (χ0) is 14.8. The molecule has 3 aromatic heterocycles. The van der Waals surface area contributed by atoms with Gasteiger partial charge in [0.05, 0.1) is 11.9 Å². The summed E-state index contributed by atoms with van der Waals surface area (Å²) in [6.07, 6.45) is 8.28. The molecule has 4 N–H and O–H groups in total. The monoisotopic (exact) mass is 286 g/mol. The number of nitrogens with zero attached hydrogens (tertiary/aromatic N) is 5. The van der Waals surface area contributed by atoms with E-state index in [2.05, 4.69) is 32.7 Å². The lowest BCUT2D eigenvalue weighted by molar-refractivity contribution is 0.746. The van der Waals surface area contributed by atoms with Gasteiger partial charge in [-0.05, 0) is 6.42 Å².